The Balaban J connectivity index is 4.20. The molecule has 0 N–H and O–H groups in total. The molecule has 0 radical (unpaired) electrons. The van der Waals surface area contributed by atoms with Crippen LogP contribution in [0.4, 0.5) is 0 Å². The number of esters is 3. The molecule has 6 heteroatoms. The summed E-state index contributed by atoms with van der Waals surface area (Å²) in [6.07, 6.45) is 101. The molecule has 81 heavy (non-hydrogen) atoms. The fourth-order valence-electron chi connectivity index (χ4n) is 8.14. The summed E-state index contributed by atoms with van der Waals surface area (Å²) >= 11 is 0. The average molecular weight is 1110 g/mol. The monoisotopic (exact) mass is 1110 g/mol. The molecule has 0 aromatic carbocycles. The van der Waals surface area contributed by atoms with Gasteiger partial charge in [0.15, 0.2) is 6.10 Å². The van der Waals surface area contributed by atoms with Gasteiger partial charge in [0.1, 0.15) is 13.2 Å². The largest absolute Gasteiger partial charge is 0.462 e. The highest BCUT2D eigenvalue weighted by atomic mass is 16.6. The number of unbranched alkanes of at least 4 members (excludes halogenated alkanes) is 15. The molecule has 0 aromatic rings. The van der Waals surface area contributed by atoms with E-state index in [0.29, 0.717) is 19.3 Å². The first-order chi connectivity index (χ1) is 40.0. The van der Waals surface area contributed by atoms with Gasteiger partial charge in [-0.2, -0.15) is 0 Å². The predicted octanol–water partition coefficient (Wildman–Crippen LogP) is 22.4. The third-order valence-corrected chi connectivity index (χ3v) is 12.9. The van der Waals surface area contributed by atoms with E-state index in [2.05, 4.69) is 203 Å². The molecule has 0 heterocycles. The fraction of sp³-hybridized carbons (Fsp3) is 0.560. The van der Waals surface area contributed by atoms with Crippen molar-refractivity contribution in [1.82, 2.24) is 0 Å². The molecule has 0 aliphatic carbocycles. The lowest BCUT2D eigenvalue weighted by Gasteiger charge is -2.18. The summed E-state index contributed by atoms with van der Waals surface area (Å²) in [5.41, 5.74) is 0. The SMILES string of the molecule is CC/C=C\C/C=C\C/C=C\C/C=C\C/C=C\C/C=C\C/C=C\C/C=C\C/C=C\CCCCCC(=O)OCC(COC(=O)CCCCCCC)OC(=O)CCCCCCCCCC/C=C\C/C=C\C/C=C\C/C=C\C/C=C\C/C=C\CC. The molecule has 0 bridgehead atoms. The van der Waals surface area contributed by atoms with Crippen molar-refractivity contribution >= 4 is 17.9 Å². The van der Waals surface area contributed by atoms with Gasteiger partial charge < -0.3 is 14.2 Å². The topological polar surface area (TPSA) is 78.9 Å². The van der Waals surface area contributed by atoms with Crippen molar-refractivity contribution in [3.8, 4) is 0 Å². The van der Waals surface area contributed by atoms with Gasteiger partial charge in [-0.3, -0.25) is 14.4 Å². The lowest BCUT2D eigenvalue weighted by atomic mass is 10.1. The van der Waals surface area contributed by atoms with Crippen molar-refractivity contribution < 1.29 is 28.6 Å². The zero-order valence-corrected chi connectivity index (χ0v) is 51.7. The smallest absolute Gasteiger partial charge is 0.306 e. The van der Waals surface area contributed by atoms with Crippen LogP contribution in [0.3, 0.4) is 0 Å². The van der Waals surface area contributed by atoms with Crippen molar-refractivity contribution in [1.29, 1.82) is 0 Å². The van der Waals surface area contributed by atoms with E-state index in [4.69, 9.17) is 14.2 Å². The van der Waals surface area contributed by atoms with Crippen molar-refractivity contribution in [2.45, 2.75) is 258 Å². The van der Waals surface area contributed by atoms with Crippen molar-refractivity contribution in [3.63, 3.8) is 0 Å². The lowest BCUT2D eigenvalue weighted by Crippen LogP contribution is -2.30. The minimum Gasteiger partial charge on any atom is -0.462 e. The number of ether oxygens (including phenoxy) is 3. The molecule has 1 unspecified atom stereocenters. The highest BCUT2D eigenvalue weighted by Gasteiger charge is 2.19. The summed E-state index contributed by atoms with van der Waals surface area (Å²) in [5, 5.41) is 0. The van der Waals surface area contributed by atoms with Crippen LogP contribution in [-0.4, -0.2) is 37.2 Å². The Morgan fingerprint density at radius 1 is 0.259 bits per heavy atom. The Bertz CT molecular complexity index is 1900. The Morgan fingerprint density at radius 2 is 0.481 bits per heavy atom. The van der Waals surface area contributed by atoms with E-state index in [0.717, 1.165) is 180 Å². The molecule has 0 aromatic heterocycles. The molecule has 0 saturated heterocycles. The molecule has 0 aliphatic heterocycles. The normalized spacial score (nSPS) is 13.4. The number of hydrogen-bond donors (Lipinski definition) is 0. The molecule has 452 valence electrons. The number of carbonyl (C=O) groups excluding carboxylic acids is 3. The summed E-state index contributed by atoms with van der Waals surface area (Å²) in [7, 11) is 0. The molecule has 6 nitrogen and oxygen atoms in total. The first-order valence-electron chi connectivity index (χ1n) is 32.3. The molecular weight excluding hydrogens is 997 g/mol. The van der Waals surface area contributed by atoms with Gasteiger partial charge in [0.05, 0.1) is 0 Å². The summed E-state index contributed by atoms with van der Waals surface area (Å²) in [4.78, 5) is 37.9. The molecule has 0 aliphatic rings. The third-order valence-electron chi connectivity index (χ3n) is 12.9. The van der Waals surface area contributed by atoms with Crippen LogP contribution >= 0.6 is 0 Å². The maximum atomic E-state index is 12.8. The highest BCUT2D eigenvalue weighted by Crippen LogP contribution is 2.14. The second-order valence-corrected chi connectivity index (χ2v) is 20.6. The molecule has 0 rings (SSSR count). The van der Waals surface area contributed by atoms with Crippen molar-refractivity contribution in [2.75, 3.05) is 13.2 Å². The zero-order valence-electron chi connectivity index (χ0n) is 51.7. The average Bonchev–Trinajstić information content (AvgIpc) is 3.47. The Labute approximate surface area is 497 Å². The Kier molecular flexibility index (Phi) is 62.5. The van der Waals surface area contributed by atoms with E-state index in [9.17, 15) is 14.4 Å². The molecule has 0 saturated carbocycles. The van der Waals surface area contributed by atoms with Crippen molar-refractivity contribution in [3.05, 3.63) is 182 Å². The molecule has 0 spiro atoms. The maximum absolute atomic E-state index is 12.8. The van der Waals surface area contributed by atoms with Gasteiger partial charge in [-0.25, -0.2) is 0 Å². The first kappa shape index (κ1) is 75.5. The Hall–Kier alpha value is -5.49. The maximum Gasteiger partial charge on any atom is 0.306 e. The summed E-state index contributed by atoms with van der Waals surface area (Å²) in [6.45, 7) is 6.28. The molecule has 0 fully saturated rings. The highest BCUT2D eigenvalue weighted by molar-refractivity contribution is 5.71. The van der Waals surface area contributed by atoms with E-state index >= 15 is 0 Å². The van der Waals surface area contributed by atoms with E-state index in [-0.39, 0.29) is 31.1 Å². The van der Waals surface area contributed by atoms with Crippen LogP contribution in [0.25, 0.3) is 0 Å². The summed E-state index contributed by atoms with van der Waals surface area (Å²) < 4.78 is 16.7. The quantitative estimate of drug-likeness (QED) is 0.0261. The molecule has 0 amide bonds. The van der Waals surface area contributed by atoms with Gasteiger partial charge in [0, 0.05) is 19.3 Å². The first-order valence-corrected chi connectivity index (χ1v) is 32.3. The van der Waals surface area contributed by atoms with E-state index in [1.54, 1.807) is 0 Å². The number of hydrogen-bond acceptors (Lipinski definition) is 6. The molecular formula is C75H116O6. The number of carbonyl (C=O) groups is 3. The van der Waals surface area contributed by atoms with Crippen LogP contribution in [-0.2, 0) is 28.6 Å². The predicted molar refractivity (Wildman–Crippen MR) is 352 cm³/mol. The van der Waals surface area contributed by atoms with Gasteiger partial charge in [-0.05, 0) is 141 Å². The van der Waals surface area contributed by atoms with E-state index in [1.165, 1.54) is 32.1 Å². The minimum atomic E-state index is -0.804. The van der Waals surface area contributed by atoms with Crippen LogP contribution < -0.4 is 0 Å². The number of allylic oxidation sites excluding steroid dienone is 30. The van der Waals surface area contributed by atoms with Crippen LogP contribution in [0.15, 0.2) is 182 Å². The minimum absolute atomic E-state index is 0.101. The summed E-state index contributed by atoms with van der Waals surface area (Å²) in [5.74, 6) is -0.966. The lowest BCUT2D eigenvalue weighted by molar-refractivity contribution is -0.167. The third kappa shape index (κ3) is 65.2. The van der Waals surface area contributed by atoms with Gasteiger partial charge in [0.25, 0.3) is 0 Å². The van der Waals surface area contributed by atoms with Crippen LogP contribution in [0, 0.1) is 0 Å². The summed E-state index contributed by atoms with van der Waals surface area (Å²) in [6, 6.07) is 0. The number of rotatable bonds is 56. The Morgan fingerprint density at radius 3 is 0.765 bits per heavy atom. The second-order valence-electron chi connectivity index (χ2n) is 20.6. The zero-order chi connectivity index (χ0) is 58.5. The van der Waals surface area contributed by atoms with E-state index < -0.39 is 6.10 Å². The van der Waals surface area contributed by atoms with Crippen LogP contribution in [0.5, 0.6) is 0 Å². The van der Waals surface area contributed by atoms with Crippen LogP contribution in [0.2, 0.25) is 0 Å². The standard InChI is InChI=1S/C75H116O6/c1-4-7-10-13-15-17-19-21-23-25-27-29-31-33-35-36-37-38-40-41-43-45-47-49-51-53-55-57-59-62-65-68-74(77)80-71-72(70-79-73(76)67-64-61-12-9-6-3)81-75(78)69-66-63-60-58-56-54-52-50-48-46-44-42-39-34-32-30-28-26-24-22-20-18-16-14-11-8-5-2/h7-8,10-11,15-18,21-24,27-30,33-35,37-39,41,43-44,46-47,49,53,55,72H,4-6,9,12-14,19-20,25-26,31-32,36,40,42,45,48,50-52,54,56-71H2,1-3H3/b10-7-,11-8-,17-15-,18-16-,23-21-,24-22-,29-27-,30-28-,35-33-,38-37-,39-34-,43-41-,46-44-,49-47-,55-53-. The second kappa shape index (κ2) is 67.0. The van der Waals surface area contributed by atoms with E-state index in [1.807, 2.05) is 0 Å². The fourth-order valence-corrected chi connectivity index (χ4v) is 8.14. The van der Waals surface area contributed by atoms with Crippen LogP contribution in [0.1, 0.15) is 252 Å². The van der Waals surface area contributed by atoms with Gasteiger partial charge >= 0.3 is 17.9 Å². The van der Waals surface area contributed by atoms with Gasteiger partial charge in [0.2, 0.25) is 0 Å². The van der Waals surface area contributed by atoms with Crippen molar-refractivity contribution in [2.24, 2.45) is 0 Å². The molecule has 1 atom stereocenters. The van der Waals surface area contributed by atoms with Gasteiger partial charge in [-0.15, -0.1) is 0 Å². The van der Waals surface area contributed by atoms with Gasteiger partial charge in [-0.1, -0.05) is 274 Å².